The molecule has 1 atom stereocenters. The van der Waals surface area contributed by atoms with Gasteiger partial charge in [0.15, 0.2) is 0 Å². The van der Waals surface area contributed by atoms with E-state index < -0.39 is 0 Å². The van der Waals surface area contributed by atoms with Crippen molar-refractivity contribution in [1.29, 1.82) is 0 Å². The van der Waals surface area contributed by atoms with Crippen LogP contribution in [0.25, 0.3) is 0 Å². The van der Waals surface area contributed by atoms with Gasteiger partial charge in [0, 0.05) is 25.3 Å². The van der Waals surface area contributed by atoms with Gasteiger partial charge in [-0.05, 0) is 44.9 Å². The Morgan fingerprint density at radius 2 is 2.15 bits per heavy atom. The first-order valence-electron chi connectivity index (χ1n) is 9.40. The van der Waals surface area contributed by atoms with Gasteiger partial charge in [-0.1, -0.05) is 41.9 Å². The van der Waals surface area contributed by atoms with Crippen molar-refractivity contribution in [2.75, 3.05) is 13.1 Å². The molecule has 3 rings (SSSR count). The first-order valence-corrected chi connectivity index (χ1v) is 9.78. The van der Waals surface area contributed by atoms with Crippen molar-refractivity contribution < 1.29 is 9.53 Å². The van der Waals surface area contributed by atoms with Crippen molar-refractivity contribution in [2.24, 2.45) is 0 Å². The molecule has 6 heteroatoms. The second-order valence-corrected chi connectivity index (χ2v) is 7.62. The Labute approximate surface area is 165 Å². The summed E-state index contributed by atoms with van der Waals surface area (Å²) in [6.45, 7) is 6.61. The van der Waals surface area contributed by atoms with Crippen LogP contribution in [0.3, 0.4) is 0 Å². The number of ether oxygens (including phenoxy) is 1. The molecule has 2 heterocycles. The third-order valence-corrected chi connectivity index (χ3v) is 4.78. The number of carbonyl (C=O) groups is 1. The van der Waals surface area contributed by atoms with E-state index in [-0.39, 0.29) is 18.1 Å². The highest BCUT2D eigenvalue weighted by molar-refractivity contribution is 6.32. The highest BCUT2D eigenvalue weighted by Crippen LogP contribution is 2.23. The zero-order chi connectivity index (χ0) is 19.2. The normalized spacial score (nSPS) is 17.7. The lowest BCUT2D eigenvalue weighted by atomic mass is 10.0. The van der Waals surface area contributed by atoms with E-state index in [0.717, 1.165) is 32.5 Å². The SMILES string of the molecule is CC(C)Oc1ncc(C(=O)NC2CCCN(Cc3ccccc3)C2)cc1Cl. The van der Waals surface area contributed by atoms with Crippen LogP contribution in [0.5, 0.6) is 5.88 Å². The molecule has 144 valence electrons. The zero-order valence-corrected chi connectivity index (χ0v) is 16.6. The summed E-state index contributed by atoms with van der Waals surface area (Å²) in [4.78, 5) is 19.2. The van der Waals surface area contributed by atoms with Gasteiger partial charge in [0.25, 0.3) is 5.91 Å². The topological polar surface area (TPSA) is 54.5 Å². The Hall–Kier alpha value is -2.11. The Morgan fingerprint density at radius 3 is 2.85 bits per heavy atom. The first kappa shape index (κ1) is 19.6. The average Bonchev–Trinajstić information content (AvgIpc) is 2.64. The Bertz CT molecular complexity index is 767. The van der Waals surface area contributed by atoms with Gasteiger partial charge in [0.05, 0.1) is 11.7 Å². The molecule has 1 amide bonds. The number of amides is 1. The smallest absolute Gasteiger partial charge is 0.253 e. The number of halogens is 1. The van der Waals surface area contributed by atoms with Crippen LogP contribution >= 0.6 is 11.6 Å². The van der Waals surface area contributed by atoms with E-state index in [9.17, 15) is 4.79 Å². The summed E-state index contributed by atoms with van der Waals surface area (Å²) in [7, 11) is 0. The monoisotopic (exact) mass is 387 g/mol. The molecule has 1 aliphatic rings. The molecule has 27 heavy (non-hydrogen) atoms. The third-order valence-electron chi connectivity index (χ3n) is 4.51. The van der Waals surface area contributed by atoms with E-state index in [2.05, 4.69) is 39.5 Å². The minimum absolute atomic E-state index is 0.0208. The Balaban J connectivity index is 1.57. The fourth-order valence-corrected chi connectivity index (χ4v) is 3.50. The van der Waals surface area contributed by atoms with Crippen molar-refractivity contribution in [2.45, 2.75) is 45.4 Å². The molecule has 1 fully saturated rings. The summed E-state index contributed by atoms with van der Waals surface area (Å²) >= 11 is 6.20. The van der Waals surface area contributed by atoms with Crippen LogP contribution in [-0.2, 0) is 6.54 Å². The van der Waals surface area contributed by atoms with Crippen molar-refractivity contribution in [1.82, 2.24) is 15.2 Å². The molecule has 0 saturated carbocycles. The molecule has 1 aromatic carbocycles. The number of aromatic nitrogens is 1. The number of hydrogen-bond donors (Lipinski definition) is 1. The molecule has 0 radical (unpaired) electrons. The molecular formula is C21H26ClN3O2. The molecule has 2 aromatic rings. The highest BCUT2D eigenvalue weighted by Gasteiger charge is 2.22. The highest BCUT2D eigenvalue weighted by atomic mass is 35.5. The third kappa shape index (κ3) is 5.68. The van der Waals surface area contributed by atoms with Gasteiger partial charge in [-0.25, -0.2) is 4.98 Å². The van der Waals surface area contributed by atoms with E-state index in [4.69, 9.17) is 16.3 Å². The number of carbonyl (C=O) groups excluding carboxylic acids is 1. The fourth-order valence-electron chi connectivity index (χ4n) is 3.29. The van der Waals surface area contributed by atoms with E-state index >= 15 is 0 Å². The van der Waals surface area contributed by atoms with Crippen LogP contribution in [-0.4, -0.2) is 41.0 Å². The predicted octanol–water partition coefficient (Wildman–Crippen LogP) is 3.92. The van der Waals surface area contributed by atoms with Gasteiger partial charge in [0.2, 0.25) is 5.88 Å². The van der Waals surface area contributed by atoms with Crippen LogP contribution < -0.4 is 10.1 Å². The van der Waals surface area contributed by atoms with Crippen molar-refractivity contribution in [3.05, 3.63) is 58.7 Å². The van der Waals surface area contributed by atoms with Crippen molar-refractivity contribution in [3.63, 3.8) is 0 Å². The van der Waals surface area contributed by atoms with E-state index in [1.165, 1.54) is 11.8 Å². The number of likely N-dealkylation sites (tertiary alicyclic amines) is 1. The largest absolute Gasteiger partial charge is 0.474 e. The number of hydrogen-bond acceptors (Lipinski definition) is 4. The maximum Gasteiger partial charge on any atom is 0.253 e. The summed E-state index contributed by atoms with van der Waals surface area (Å²) in [6.07, 6.45) is 3.54. The molecular weight excluding hydrogens is 362 g/mol. The number of benzene rings is 1. The van der Waals surface area contributed by atoms with Crippen LogP contribution in [0, 0.1) is 0 Å². The molecule has 0 bridgehead atoms. The fraction of sp³-hybridized carbons (Fsp3) is 0.429. The lowest BCUT2D eigenvalue weighted by molar-refractivity contribution is 0.0900. The quantitative estimate of drug-likeness (QED) is 0.816. The lowest BCUT2D eigenvalue weighted by Crippen LogP contribution is -2.47. The van der Waals surface area contributed by atoms with Gasteiger partial charge in [-0.15, -0.1) is 0 Å². The maximum atomic E-state index is 12.6. The van der Waals surface area contributed by atoms with Gasteiger partial charge in [-0.3, -0.25) is 9.69 Å². The van der Waals surface area contributed by atoms with Crippen LogP contribution in [0.15, 0.2) is 42.6 Å². The molecule has 1 aliphatic heterocycles. The molecule has 5 nitrogen and oxygen atoms in total. The zero-order valence-electron chi connectivity index (χ0n) is 15.8. The van der Waals surface area contributed by atoms with Crippen molar-refractivity contribution >= 4 is 17.5 Å². The lowest BCUT2D eigenvalue weighted by Gasteiger charge is -2.33. The standard InChI is InChI=1S/C21H26ClN3O2/c1-15(2)27-21-19(22)11-17(12-23-21)20(26)24-18-9-6-10-25(14-18)13-16-7-4-3-5-8-16/h3-5,7-8,11-12,15,18H,6,9-10,13-14H2,1-2H3,(H,24,26). The minimum Gasteiger partial charge on any atom is -0.474 e. The summed E-state index contributed by atoms with van der Waals surface area (Å²) in [5, 5.41) is 3.47. The van der Waals surface area contributed by atoms with E-state index in [1.54, 1.807) is 6.07 Å². The summed E-state index contributed by atoms with van der Waals surface area (Å²) in [6, 6.07) is 12.2. The van der Waals surface area contributed by atoms with Gasteiger partial charge >= 0.3 is 0 Å². The van der Waals surface area contributed by atoms with E-state index in [0.29, 0.717) is 16.5 Å². The Kier molecular flexibility index (Phi) is 6.69. The summed E-state index contributed by atoms with van der Waals surface area (Å²) in [5.41, 5.74) is 1.75. The second kappa shape index (κ2) is 9.20. The summed E-state index contributed by atoms with van der Waals surface area (Å²) < 4.78 is 5.52. The summed E-state index contributed by atoms with van der Waals surface area (Å²) in [5.74, 6) is 0.210. The average molecular weight is 388 g/mol. The van der Waals surface area contributed by atoms with Crippen LogP contribution in [0.2, 0.25) is 5.02 Å². The molecule has 1 aromatic heterocycles. The number of piperidine rings is 1. The Morgan fingerprint density at radius 1 is 1.37 bits per heavy atom. The number of pyridine rings is 1. The van der Waals surface area contributed by atoms with Gasteiger partial charge in [0.1, 0.15) is 5.02 Å². The van der Waals surface area contributed by atoms with Gasteiger partial charge < -0.3 is 10.1 Å². The first-order chi connectivity index (χ1) is 13.0. The molecule has 1 saturated heterocycles. The number of nitrogens with one attached hydrogen (secondary N) is 1. The minimum atomic E-state index is -0.146. The van der Waals surface area contributed by atoms with Gasteiger partial charge in [-0.2, -0.15) is 0 Å². The number of rotatable bonds is 6. The molecule has 1 unspecified atom stereocenters. The molecule has 0 spiro atoms. The van der Waals surface area contributed by atoms with Crippen LogP contribution in [0.1, 0.15) is 42.6 Å². The van der Waals surface area contributed by atoms with Crippen molar-refractivity contribution in [3.8, 4) is 5.88 Å². The predicted molar refractivity (Wildman–Crippen MR) is 107 cm³/mol. The van der Waals surface area contributed by atoms with Crippen LogP contribution in [0.4, 0.5) is 0 Å². The second-order valence-electron chi connectivity index (χ2n) is 7.21. The van der Waals surface area contributed by atoms with E-state index in [1.807, 2.05) is 19.9 Å². The molecule has 0 aliphatic carbocycles. The maximum absolute atomic E-state index is 12.6. The number of nitrogens with zero attached hydrogens (tertiary/aromatic N) is 2. The molecule has 1 N–H and O–H groups in total.